The molecule has 1 nitrogen and oxygen atoms in total. The Hall–Kier alpha value is -0.917. The van der Waals surface area contributed by atoms with Gasteiger partial charge in [0.1, 0.15) is 0 Å². The van der Waals surface area contributed by atoms with Crippen molar-refractivity contribution < 1.29 is 7.65 Å². The van der Waals surface area contributed by atoms with Gasteiger partial charge in [-0.05, 0) is 15.6 Å². The van der Waals surface area contributed by atoms with Crippen LogP contribution in [0.5, 0.6) is 0 Å². The summed E-state index contributed by atoms with van der Waals surface area (Å²) in [6, 6.07) is 30.0. The van der Waals surface area contributed by atoms with Crippen LogP contribution in [-0.4, -0.2) is 36.2 Å². The van der Waals surface area contributed by atoms with Crippen LogP contribution in [0.3, 0.4) is 0 Å². The van der Waals surface area contributed by atoms with Crippen molar-refractivity contribution in [2.24, 2.45) is 0 Å². The van der Waals surface area contributed by atoms with E-state index in [0.29, 0.717) is 0 Å². The largest absolute Gasteiger partial charge is 2.00 e. The predicted octanol–water partition coefficient (Wildman–Crippen LogP) is 2.07. The molecule has 3 rings (SSSR count). The fraction of sp³-hybridized carbons (Fsp3) is 0. The second kappa shape index (κ2) is 8.65. The molecule has 0 spiro atoms. The first-order chi connectivity index (χ1) is 9.82. The van der Waals surface area contributed by atoms with Crippen LogP contribution < -0.4 is 15.6 Å². The Morgan fingerprint density at radius 2 is 0.773 bits per heavy atom. The zero-order valence-electron chi connectivity index (χ0n) is 14.2. The van der Waals surface area contributed by atoms with Gasteiger partial charge in [-0.3, -0.25) is 0 Å². The molecule has 0 fully saturated rings. The van der Waals surface area contributed by atoms with E-state index in [4.69, 9.17) is 0 Å². The van der Waals surface area contributed by atoms with Gasteiger partial charge in [0.15, 0.2) is 0 Å². The average Bonchev–Trinajstić information content (AvgIpc) is 2.56. The zero-order valence-corrected chi connectivity index (χ0v) is 16.4. The summed E-state index contributed by atoms with van der Waals surface area (Å²) in [5, 5.41) is 3.03. The van der Waals surface area contributed by atoms with Crippen LogP contribution in [-0.2, 0) is 0 Å². The van der Waals surface area contributed by atoms with Gasteiger partial charge in [-0.1, -0.05) is 91.0 Å². The molecule has 0 saturated heterocycles. The van der Waals surface area contributed by atoms with Gasteiger partial charge in [0.2, 0.25) is 0 Å². The summed E-state index contributed by atoms with van der Waals surface area (Å²) in [5.74, 6) is 0. The van der Waals surface area contributed by atoms with Crippen molar-refractivity contribution in [2.45, 2.75) is 0 Å². The molecule has 0 aliphatic rings. The van der Waals surface area contributed by atoms with E-state index in [1.165, 1.54) is 0 Å². The second-order valence-corrected chi connectivity index (χ2v) is 7.96. The van der Waals surface area contributed by atoms with Gasteiger partial charge in [-0.25, -0.2) is 0 Å². The minimum absolute atomic E-state index is 0. The molecule has 110 valence electrons. The van der Waals surface area contributed by atoms with E-state index in [1.807, 2.05) is 91.0 Å². The number of hydrogen-bond acceptors (Lipinski definition) is 1. The first-order valence-corrected chi connectivity index (χ1v) is 8.65. The molecule has 4 heteroatoms. The van der Waals surface area contributed by atoms with E-state index in [1.54, 1.807) is 0 Å². The molecule has 3 aromatic carbocycles. The molecule has 3 aromatic rings. The maximum atomic E-state index is 11.6. The van der Waals surface area contributed by atoms with Gasteiger partial charge in [0, 0.05) is 0 Å². The summed E-state index contributed by atoms with van der Waals surface area (Å²) < 4.78 is 0. The van der Waals surface area contributed by atoms with E-state index in [9.17, 15) is 4.80 Å². The van der Waals surface area contributed by atoms with Crippen molar-refractivity contribution in [2.75, 3.05) is 0 Å². The summed E-state index contributed by atoms with van der Waals surface area (Å²) in [4.78, 5) is 11.6. The van der Waals surface area contributed by atoms with Crippen LogP contribution >= 0.6 is 17.0 Å². The molecule has 0 aromatic heterocycles. The Balaban J connectivity index is 0. The van der Waals surface area contributed by atoms with Crippen molar-refractivity contribution in [1.82, 2.24) is 0 Å². The van der Waals surface area contributed by atoms with Crippen LogP contribution in [0.1, 0.15) is 2.85 Å². The van der Waals surface area contributed by atoms with Gasteiger partial charge in [-0.2, -0.15) is 0 Å². The predicted molar refractivity (Wildman–Crippen MR) is 105 cm³/mol. The number of halogens is 1. The first-order valence-electron chi connectivity index (χ1n) is 6.71. The van der Waals surface area contributed by atoms with E-state index in [2.05, 4.69) is 0 Å². The van der Waals surface area contributed by atoms with Crippen LogP contribution in [0.25, 0.3) is 0 Å². The van der Waals surface area contributed by atoms with E-state index >= 15 is 0 Å². The molecular weight excluding hydrogens is 364 g/mol. The Morgan fingerprint density at radius 1 is 0.545 bits per heavy atom. The molecule has 0 unspecified atom stereocenters. The fourth-order valence-corrected chi connectivity index (χ4v) is 5.56. The molecule has 22 heavy (non-hydrogen) atoms. The van der Waals surface area contributed by atoms with E-state index < -0.39 is 8.32 Å². The zero-order chi connectivity index (χ0) is 13.8. The number of rotatable bonds is 3. The third-order valence-corrected chi connectivity index (χ3v) is 7.08. The molecule has 0 saturated carbocycles. The number of hydrogen-bond donors (Lipinski definition) is 1. The third kappa shape index (κ3) is 3.70. The molecule has 0 radical (unpaired) electrons. The van der Waals surface area contributed by atoms with Crippen molar-refractivity contribution in [3.05, 3.63) is 91.0 Å². The normalized spacial score (nSPS) is 10.2. The van der Waals surface area contributed by atoms with Crippen LogP contribution in [0.15, 0.2) is 91.0 Å². The number of benzene rings is 3. The molecule has 0 aliphatic carbocycles. The van der Waals surface area contributed by atoms with Crippen LogP contribution in [0, 0.1) is 0 Å². The van der Waals surface area contributed by atoms with Crippen molar-refractivity contribution in [3.8, 4) is 0 Å². The smallest absolute Gasteiger partial charge is 1.00 e. The fourth-order valence-electron chi connectivity index (χ4n) is 2.54. The van der Waals surface area contributed by atoms with E-state index in [0.717, 1.165) is 15.6 Å². The molecular formula is C18H19BrMgOSi. The summed E-state index contributed by atoms with van der Waals surface area (Å²) in [5.41, 5.74) is 0. The maximum absolute atomic E-state index is 11.6. The third-order valence-electron chi connectivity index (χ3n) is 3.57. The van der Waals surface area contributed by atoms with Crippen LogP contribution in [0.2, 0.25) is 0 Å². The van der Waals surface area contributed by atoms with Gasteiger partial charge < -0.3 is 7.65 Å². The average molecular weight is 384 g/mol. The summed E-state index contributed by atoms with van der Waals surface area (Å²) in [7, 11) is -2.88. The van der Waals surface area contributed by atoms with Gasteiger partial charge >= 0.3 is 23.1 Å². The molecule has 0 bridgehead atoms. The minimum atomic E-state index is -2.88. The minimum Gasteiger partial charge on any atom is -1.00 e. The Kier molecular flexibility index (Phi) is 7.52. The van der Waals surface area contributed by atoms with Crippen molar-refractivity contribution >= 4 is 63.9 Å². The molecule has 1 N–H and O–H groups in total. The van der Waals surface area contributed by atoms with Gasteiger partial charge in [0.25, 0.3) is 8.32 Å². The van der Waals surface area contributed by atoms with Gasteiger partial charge in [-0.15, -0.1) is 17.0 Å². The Bertz CT molecular complexity index is 590. The van der Waals surface area contributed by atoms with Crippen LogP contribution in [0.4, 0.5) is 0 Å². The monoisotopic (exact) mass is 382 g/mol. The maximum Gasteiger partial charge on any atom is 2.00 e. The summed E-state index contributed by atoms with van der Waals surface area (Å²) >= 11 is 0. The van der Waals surface area contributed by atoms with E-state index in [-0.39, 0.29) is 42.9 Å². The summed E-state index contributed by atoms with van der Waals surface area (Å²) in [6.45, 7) is 0. The topological polar surface area (TPSA) is 20.2 Å². The molecule has 0 aliphatic heterocycles. The Morgan fingerprint density at radius 3 is 1.00 bits per heavy atom. The first kappa shape index (κ1) is 19.1. The second-order valence-electron chi connectivity index (χ2n) is 4.81. The SMILES string of the molecule is Br.O[Si](c1ccccc1)(c1ccccc1)c1ccccc1.[H-].[H-].[Mg+2]. The molecule has 0 amide bonds. The standard InChI is InChI=1S/C18H16OSi.BrH.Mg.2H/c19-20(16-10-4-1-5-11-16,17-12-6-2-7-13-17)18-14-8-3-9-15-18;;;;/h1-15,19H;1H;;;/q;;+2;2*-1. The molecule has 0 heterocycles. The van der Waals surface area contributed by atoms with Crippen molar-refractivity contribution in [3.63, 3.8) is 0 Å². The van der Waals surface area contributed by atoms with Gasteiger partial charge in [0.05, 0.1) is 0 Å². The summed E-state index contributed by atoms with van der Waals surface area (Å²) in [6.07, 6.45) is 0. The molecule has 0 atom stereocenters. The quantitative estimate of drug-likeness (QED) is 0.542. The Labute approximate surface area is 162 Å². The van der Waals surface area contributed by atoms with Crippen molar-refractivity contribution in [1.29, 1.82) is 0 Å².